The SMILES string of the molecule is c1cc2ccc3c[nH+]nc4ccc(c1)c2c34. The molecule has 2 heteroatoms. The van der Waals surface area contributed by atoms with Crippen LogP contribution < -0.4 is 5.10 Å². The molecule has 0 radical (unpaired) electrons. The zero-order valence-corrected chi connectivity index (χ0v) is 8.57. The third-order valence-electron chi connectivity index (χ3n) is 3.19. The monoisotopic (exact) mass is 205 g/mol. The number of hydrogen-bond donors (Lipinski definition) is 0. The van der Waals surface area contributed by atoms with Crippen LogP contribution in [0.1, 0.15) is 0 Å². The van der Waals surface area contributed by atoms with E-state index in [1.807, 2.05) is 6.20 Å². The van der Waals surface area contributed by atoms with Crippen LogP contribution in [0.2, 0.25) is 0 Å². The van der Waals surface area contributed by atoms with Crippen LogP contribution in [0, 0.1) is 0 Å². The smallest absolute Gasteiger partial charge is 0.105 e. The second-order valence-corrected chi connectivity index (χ2v) is 4.08. The van der Waals surface area contributed by atoms with Crippen LogP contribution in [-0.4, -0.2) is 5.10 Å². The van der Waals surface area contributed by atoms with Gasteiger partial charge in [0.05, 0.1) is 5.39 Å². The molecular weight excluding hydrogens is 196 g/mol. The van der Waals surface area contributed by atoms with Gasteiger partial charge in [0.1, 0.15) is 5.52 Å². The van der Waals surface area contributed by atoms with Gasteiger partial charge in [0.15, 0.2) is 0 Å². The van der Waals surface area contributed by atoms with Crippen molar-refractivity contribution in [2.45, 2.75) is 0 Å². The number of hydrogen-bond acceptors (Lipinski definition) is 1. The number of rotatable bonds is 0. The number of H-pyrrole nitrogens is 1. The Morgan fingerprint density at radius 1 is 0.750 bits per heavy atom. The van der Waals surface area contributed by atoms with Crippen molar-refractivity contribution in [3.05, 3.63) is 48.7 Å². The molecule has 0 saturated carbocycles. The summed E-state index contributed by atoms with van der Waals surface area (Å²) >= 11 is 0. The van der Waals surface area contributed by atoms with E-state index in [2.05, 4.69) is 52.7 Å². The molecule has 0 unspecified atom stereocenters. The molecule has 74 valence electrons. The topological polar surface area (TPSA) is 27.0 Å². The summed E-state index contributed by atoms with van der Waals surface area (Å²) in [6.45, 7) is 0. The summed E-state index contributed by atoms with van der Waals surface area (Å²) in [5.74, 6) is 0. The van der Waals surface area contributed by atoms with E-state index in [1.165, 1.54) is 26.9 Å². The second-order valence-electron chi connectivity index (χ2n) is 4.08. The van der Waals surface area contributed by atoms with Gasteiger partial charge in [0, 0.05) is 5.39 Å². The van der Waals surface area contributed by atoms with Gasteiger partial charge < -0.3 is 0 Å². The fourth-order valence-electron chi connectivity index (χ4n) is 2.48. The second kappa shape index (κ2) is 2.67. The van der Waals surface area contributed by atoms with Gasteiger partial charge in [-0.25, -0.2) is 0 Å². The van der Waals surface area contributed by atoms with Crippen LogP contribution in [0.15, 0.2) is 48.7 Å². The Kier molecular flexibility index (Phi) is 1.33. The summed E-state index contributed by atoms with van der Waals surface area (Å²) in [4.78, 5) is 0. The van der Waals surface area contributed by atoms with E-state index in [4.69, 9.17) is 0 Å². The van der Waals surface area contributed by atoms with Crippen LogP contribution in [-0.2, 0) is 0 Å². The molecule has 0 aliphatic carbocycles. The zero-order valence-electron chi connectivity index (χ0n) is 8.57. The minimum Gasteiger partial charge on any atom is -0.105 e. The Bertz CT molecular complexity index is 675. The number of aromatic amines is 1. The average Bonchev–Trinajstić information content (AvgIpc) is 2.36. The van der Waals surface area contributed by atoms with Crippen molar-refractivity contribution >= 4 is 32.4 Å². The number of aromatic nitrogens is 2. The maximum Gasteiger partial charge on any atom is 0.201 e. The normalized spacial score (nSPS) is 11.8. The fourth-order valence-corrected chi connectivity index (χ4v) is 2.48. The zero-order chi connectivity index (χ0) is 10.5. The van der Waals surface area contributed by atoms with E-state index in [1.54, 1.807) is 0 Å². The van der Waals surface area contributed by atoms with Crippen LogP contribution in [0.4, 0.5) is 0 Å². The molecule has 0 saturated heterocycles. The minimum absolute atomic E-state index is 1.03. The lowest BCUT2D eigenvalue weighted by atomic mass is 9.98. The molecule has 0 aliphatic heterocycles. The summed E-state index contributed by atoms with van der Waals surface area (Å²) in [5, 5.41) is 13.6. The van der Waals surface area contributed by atoms with E-state index in [0.29, 0.717) is 0 Å². The molecule has 0 amide bonds. The molecule has 4 aromatic rings. The fraction of sp³-hybridized carbons (Fsp3) is 0. The van der Waals surface area contributed by atoms with Crippen molar-refractivity contribution < 1.29 is 5.10 Å². The Balaban J connectivity index is 2.51. The highest BCUT2D eigenvalue weighted by Gasteiger charge is 2.09. The molecule has 2 nitrogen and oxygen atoms in total. The Morgan fingerprint density at radius 2 is 1.50 bits per heavy atom. The first-order valence-corrected chi connectivity index (χ1v) is 5.34. The van der Waals surface area contributed by atoms with Crippen molar-refractivity contribution in [2.24, 2.45) is 0 Å². The first kappa shape index (κ1) is 7.99. The van der Waals surface area contributed by atoms with E-state index >= 15 is 0 Å². The van der Waals surface area contributed by atoms with Crippen LogP contribution in [0.25, 0.3) is 32.4 Å². The van der Waals surface area contributed by atoms with Gasteiger partial charge in [0.2, 0.25) is 6.20 Å². The van der Waals surface area contributed by atoms with E-state index in [-0.39, 0.29) is 0 Å². The first-order valence-electron chi connectivity index (χ1n) is 5.34. The molecule has 0 aliphatic rings. The molecule has 0 bridgehead atoms. The molecule has 4 rings (SSSR count). The lowest BCUT2D eigenvalue weighted by molar-refractivity contribution is -0.450. The molecule has 0 fully saturated rings. The van der Waals surface area contributed by atoms with Gasteiger partial charge in [0.25, 0.3) is 0 Å². The third kappa shape index (κ3) is 0.865. The van der Waals surface area contributed by atoms with Crippen LogP contribution >= 0.6 is 0 Å². The Labute approximate surface area is 91.9 Å². The number of benzene rings is 3. The standard InChI is InChI=1S/C14H8N2/c1-2-9-4-5-11-8-15-16-12-7-6-10(3-1)13(9)14(11)12/h1-8H/p+1. The lowest BCUT2D eigenvalue weighted by Crippen LogP contribution is -2.06. The highest BCUT2D eigenvalue weighted by Crippen LogP contribution is 2.31. The van der Waals surface area contributed by atoms with Crippen molar-refractivity contribution in [3.8, 4) is 0 Å². The van der Waals surface area contributed by atoms with Gasteiger partial charge in [-0.05, 0) is 33.4 Å². The maximum atomic E-state index is 4.31. The predicted molar refractivity (Wildman–Crippen MR) is 64.5 cm³/mol. The maximum absolute atomic E-state index is 4.31. The quantitative estimate of drug-likeness (QED) is 0.405. The predicted octanol–water partition coefficient (Wildman–Crippen LogP) is 2.79. The van der Waals surface area contributed by atoms with Gasteiger partial charge >= 0.3 is 0 Å². The molecule has 1 N–H and O–H groups in total. The van der Waals surface area contributed by atoms with Gasteiger partial charge in [-0.2, -0.15) is 0 Å². The summed E-state index contributed by atoms with van der Waals surface area (Å²) in [7, 11) is 0. The largest absolute Gasteiger partial charge is 0.201 e. The summed E-state index contributed by atoms with van der Waals surface area (Å²) in [6, 6.07) is 14.9. The van der Waals surface area contributed by atoms with Gasteiger partial charge in [-0.15, -0.1) is 5.10 Å². The van der Waals surface area contributed by atoms with Gasteiger partial charge in [-0.3, -0.25) is 0 Å². The van der Waals surface area contributed by atoms with Crippen LogP contribution in [0.3, 0.4) is 0 Å². The Hall–Kier alpha value is -2.22. The molecule has 3 aromatic carbocycles. The highest BCUT2D eigenvalue weighted by atomic mass is 15.1. The molecule has 1 heterocycles. The molecule has 16 heavy (non-hydrogen) atoms. The average molecular weight is 205 g/mol. The third-order valence-corrected chi connectivity index (χ3v) is 3.19. The molecule has 0 spiro atoms. The first-order chi connectivity index (χ1) is 7.93. The summed E-state index contributed by atoms with van der Waals surface area (Å²) < 4.78 is 0. The highest BCUT2D eigenvalue weighted by molar-refractivity contribution is 6.21. The molecule has 0 atom stereocenters. The van der Waals surface area contributed by atoms with Crippen LogP contribution in [0.5, 0.6) is 0 Å². The molecule has 1 aromatic heterocycles. The van der Waals surface area contributed by atoms with Crippen molar-refractivity contribution in [2.75, 3.05) is 0 Å². The minimum atomic E-state index is 1.03. The van der Waals surface area contributed by atoms with Gasteiger partial charge in [-0.1, -0.05) is 30.3 Å². The van der Waals surface area contributed by atoms with E-state index in [0.717, 1.165) is 5.52 Å². The summed E-state index contributed by atoms with van der Waals surface area (Å²) in [6.07, 6.45) is 1.95. The summed E-state index contributed by atoms with van der Waals surface area (Å²) in [5.41, 5.74) is 1.03. The number of nitrogens with zero attached hydrogens (tertiary/aromatic N) is 1. The molecular formula is C14H9N2+. The van der Waals surface area contributed by atoms with Crippen molar-refractivity contribution in [3.63, 3.8) is 0 Å². The lowest BCUT2D eigenvalue weighted by Gasteiger charge is -2.06. The van der Waals surface area contributed by atoms with E-state index < -0.39 is 0 Å². The number of nitrogens with one attached hydrogen (secondary N) is 1. The van der Waals surface area contributed by atoms with Crippen molar-refractivity contribution in [1.29, 1.82) is 0 Å². The Morgan fingerprint density at radius 3 is 2.38 bits per heavy atom. The van der Waals surface area contributed by atoms with Crippen molar-refractivity contribution in [1.82, 2.24) is 5.10 Å². The van der Waals surface area contributed by atoms with E-state index in [9.17, 15) is 0 Å².